The van der Waals surface area contributed by atoms with Gasteiger partial charge in [0.25, 0.3) is 10.1 Å². The lowest BCUT2D eigenvalue weighted by molar-refractivity contribution is 0.483. The molecule has 0 bridgehead atoms. The third-order valence-electron chi connectivity index (χ3n) is 3.06. The van der Waals surface area contributed by atoms with Crippen LogP contribution in [-0.2, 0) is 16.5 Å². The third kappa shape index (κ3) is 1.57. The molecular weight excluding hydrogens is 236 g/mol. The second-order valence-corrected chi connectivity index (χ2v) is 5.49. The molecule has 0 saturated carbocycles. The van der Waals surface area contributed by atoms with Crippen LogP contribution in [0.2, 0.25) is 0 Å². The Morgan fingerprint density at radius 3 is 2.41 bits per heavy atom. The van der Waals surface area contributed by atoms with Crippen LogP contribution in [-0.4, -0.2) is 13.0 Å². The summed E-state index contributed by atoms with van der Waals surface area (Å²) in [5, 5.41) is 0. The molecule has 0 spiro atoms. The van der Waals surface area contributed by atoms with E-state index >= 15 is 0 Å². The first-order valence-electron chi connectivity index (χ1n) is 5.25. The van der Waals surface area contributed by atoms with Crippen molar-refractivity contribution in [2.75, 3.05) is 0 Å². The van der Waals surface area contributed by atoms with E-state index in [1.165, 1.54) is 6.07 Å². The molecule has 4 heteroatoms. The van der Waals surface area contributed by atoms with Crippen molar-refractivity contribution in [3.8, 4) is 11.1 Å². The van der Waals surface area contributed by atoms with Gasteiger partial charge in [0.2, 0.25) is 0 Å². The minimum Gasteiger partial charge on any atom is -0.282 e. The second kappa shape index (κ2) is 3.42. The first-order chi connectivity index (χ1) is 8.07. The minimum absolute atomic E-state index is 0.0000463. The Morgan fingerprint density at radius 2 is 1.65 bits per heavy atom. The summed E-state index contributed by atoms with van der Waals surface area (Å²) in [6, 6.07) is 12.7. The Labute approximate surface area is 99.5 Å². The lowest BCUT2D eigenvalue weighted by Crippen LogP contribution is -2.00. The molecule has 0 saturated heterocycles. The van der Waals surface area contributed by atoms with Crippen molar-refractivity contribution in [1.29, 1.82) is 0 Å². The number of benzene rings is 2. The van der Waals surface area contributed by atoms with Crippen molar-refractivity contribution < 1.29 is 13.0 Å². The van der Waals surface area contributed by atoms with Crippen LogP contribution in [0, 0.1) is 0 Å². The molecule has 17 heavy (non-hydrogen) atoms. The molecule has 0 aliphatic heterocycles. The Morgan fingerprint density at radius 1 is 0.941 bits per heavy atom. The van der Waals surface area contributed by atoms with E-state index < -0.39 is 10.1 Å². The lowest BCUT2D eigenvalue weighted by Gasteiger charge is -2.06. The Kier molecular flexibility index (Phi) is 2.11. The zero-order valence-electron chi connectivity index (χ0n) is 8.92. The molecular formula is C13H10O3S. The molecule has 86 valence electrons. The highest BCUT2D eigenvalue weighted by molar-refractivity contribution is 7.86. The van der Waals surface area contributed by atoms with E-state index in [-0.39, 0.29) is 4.90 Å². The summed E-state index contributed by atoms with van der Waals surface area (Å²) in [6.07, 6.45) is 0.717. The van der Waals surface area contributed by atoms with Crippen LogP contribution < -0.4 is 0 Å². The Hall–Kier alpha value is -1.65. The maximum atomic E-state index is 11.4. The maximum Gasteiger partial charge on any atom is 0.295 e. The Bertz CT molecular complexity index is 702. The van der Waals surface area contributed by atoms with Crippen LogP contribution in [0.25, 0.3) is 11.1 Å². The molecule has 3 rings (SSSR count). The van der Waals surface area contributed by atoms with Gasteiger partial charge in [-0.05, 0) is 29.2 Å². The largest absolute Gasteiger partial charge is 0.295 e. The van der Waals surface area contributed by atoms with Crippen LogP contribution in [0.1, 0.15) is 11.1 Å². The second-order valence-electron chi connectivity index (χ2n) is 4.10. The summed E-state index contributed by atoms with van der Waals surface area (Å²) in [5.74, 6) is 0. The van der Waals surface area contributed by atoms with Crippen molar-refractivity contribution in [2.45, 2.75) is 11.3 Å². The number of rotatable bonds is 1. The van der Waals surface area contributed by atoms with Gasteiger partial charge in [-0.1, -0.05) is 36.4 Å². The van der Waals surface area contributed by atoms with Gasteiger partial charge in [0, 0.05) is 5.56 Å². The van der Waals surface area contributed by atoms with Crippen molar-refractivity contribution in [3.05, 3.63) is 53.6 Å². The lowest BCUT2D eigenvalue weighted by atomic mass is 10.1. The van der Waals surface area contributed by atoms with Crippen LogP contribution in [0.5, 0.6) is 0 Å². The van der Waals surface area contributed by atoms with Gasteiger partial charge in [0.15, 0.2) is 0 Å². The van der Waals surface area contributed by atoms with Crippen LogP contribution in [0.4, 0.5) is 0 Å². The smallest absolute Gasteiger partial charge is 0.282 e. The SMILES string of the molecule is O=S(=O)(O)c1cccc2c1-c1ccccc1C2. The molecule has 0 radical (unpaired) electrons. The van der Waals surface area contributed by atoms with Gasteiger partial charge in [-0.2, -0.15) is 8.42 Å². The summed E-state index contributed by atoms with van der Waals surface area (Å²) < 4.78 is 32.0. The molecule has 0 heterocycles. The van der Waals surface area contributed by atoms with Gasteiger partial charge in [-0.3, -0.25) is 4.55 Å². The van der Waals surface area contributed by atoms with E-state index in [9.17, 15) is 13.0 Å². The van der Waals surface area contributed by atoms with Gasteiger partial charge in [0.05, 0.1) is 0 Å². The molecule has 1 aliphatic carbocycles. The number of hydrogen-bond donors (Lipinski definition) is 1. The fraction of sp³-hybridized carbons (Fsp3) is 0.0769. The fourth-order valence-electron chi connectivity index (χ4n) is 2.37. The maximum absolute atomic E-state index is 11.4. The quantitative estimate of drug-likeness (QED) is 0.671. The molecule has 1 N–H and O–H groups in total. The van der Waals surface area contributed by atoms with Crippen LogP contribution >= 0.6 is 0 Å². The molecule has 0 unspecified atom stereocenters. The number of hydrogen-bond acceptors (Lipinski definition) is 2. The summed E-state index contributed by atoms with van der Waals surface area (Å²) in [4.78, 5) is -0.0000463. The van der Waals surface area contributed by atoms with Crippen LogP contribution in [0.3, 0.4) is 0 Å². The number of fused-ring (bicyclic) bond motifs is 3. The van der Waals surface area contributed by atoms with Gasteiger partial charge in [-0.25, -0.2) is 0 Å². The van der Waals surface area contributed by atoms with E-state index in [0.29, 0.717) is 5.56 Å². The van der Waals surface area contributed by atoms with E-state index in [1.54, 1.807) is 6.07 Å². The molecule has 3 nitrogen and oxygen atoms in total. The Balaban J connectivity index is 2.38. The molecule has 0 atom stereocenters. The molecule has 1 aliphatic rings. The molecule has 0 amide bonds. The van der Waals surface area contributed by atoms with E-state index in [1.807, 2.05) is 30.3 Å². The fourth-order valence-corrected chi connectivity index (χ4v) is 3.12. The van der Waals surface area contributed by atoms with Gasteiger partial charge in [-0.15, -0.1) is 0 Å². The van der Waals surface area contributed by atoms with Crippen molar-refractivity contribution in [3.63, 3.8) is 0 Å². The van der Waals surface area contributed by atoms with Gasteiger partial charge in [0.1, 0.15) is 4.90 Å². The normalized spacial score (nSPS) is 13.2. The first kappa shape index (κ1) is 10.5. The summed E-state index contributed by atoms with van der Waals surface area (Å²) in [7, 11) is -4.17. The van der Waals surface area contributed by atoms with Gasteiger partial charge >= 0.3 is 0 Å². The highest BCUT2D eigenvalue weighted by atomic mass is 32.2. The zero-order chi connectivity index (χ0) is 12.0. The summed E-state index contributed by atoms with van der Waals surface area (Å²) in [5.41, 5.74) is 3.58. The minimum atomic E-state index is -4.17. The van der Waals surface area contributed by atoms with E-state index in [0.717, 1.165) is 23.1 Å². The summed E-state index contributed by atoms with van der Waals surface area (Å²) in [6.45, 7) is 0. The van der Waals surface area contributed by atoms with Crippen molar-refractivity contribution in [2.24, 2.45) is 0 Å². The molecule has 2 aromatic rings. The predicted octanol–water partition coefficient (Wildman–Crippen LogP) is 2.50. The van der Waals surface area contributed by atoms with Crippen molar-refractivity contribution >= 4 is 10.1 Å². The molecule has 0 fully saturated rings. The third-order valence-corrected chi connectivity index (χ3v) is 3.95. The standard InChI is InChI=1S/C13H10O3S/c14-17(15,16)12-7-3-5-10-8-9-4-1-2-6-11(9)13(10)12/h1-7H,8H2,(H,14,15,16). The first-order valence-corrected chi connectivity index (χ1v) is 6.69. The van der Waals surface area contributed by atoms with E-state index in [4.69, 9.17) is 0 Å². The van der Waals surface area contributed by atoms with E-state index in [2.05, 4.69) is 0 Å². The highest BCUT2D eigenvalue weighted by Crippen LogP contribution is 2.40. The van der Waals surface area contributed by atoms with Gasteiger partial charge < -0.3 is 0 Å². The topological polar surface area (TPSA) is 54.4 Å². The van der Waals surface area contributed by atoms with Crippen LogP contribution in [0.15, 0.2) is 47.4 Å². The summed E-state index contributed by atoms with van der Waals surface area (Å²) >= 11 is 0. The molecule has 2 aromatic carbocycles. The monoisotopic (exact) mass is 246 g/mol. The predicted molar refractivity (Wildman–Crippen MR) is 64.5 cm³/mol. The van der Waals surface area contributed by atoms with Crippen molar-refractivity contribution in [1.82, 2.24) is 0 Å². The molecule has 0 aromatic heterocycles. The average molecular weight is 246 g/mol. The zero-order valence-corrected chi connectivity index (χ0v) is 9.74. The highest BCUT2D eigenvalue weighted by Gasteiger charge is 2.25. The average Bonchev–Trinajstić information content (AvgIpc) is 2.65.